The minimum Gasteiger partial charge on any atom is -0.497 e. The van der Waals surface area contributed by atoms with E-state index in [9.17, 15) is 4.79 Å². The summed E-state index contributed by atoms with van der Waals surface area (Å²) < 4.78 is 11.3. The largest absolute Gasteiger partial charge is 0.497 e. The molecule has 0 N–H and O–H groups in total. The van der Waals surface area contributed by atoms with Gasteiger partial charge in [-0.05, 0) is 51.1 Å². The van der Waals surface area contributed by atoms with E-state index >= 15 is 0 Å². The number of hydrogen-bond acceptors (Lipinski definition) is 5. The molecule has 26 heavy (non-hydrogen) atoms. The number of ether oxygens (including phenoxy) is 1. The van der Waals surface area contributed by atoms with Crippen molar-refractivity contribution in [2.45, 2.75) is 31.7 Å². The summed E-state index contributed by atoms with van der Waals surface area (Å²) in [4.78, 5) is 20.9. The van der Waals surface area contributed by atoms with E-state index in [1.807, 2.05) is 48.2 Å². The Balaban J connectivity index is 1.73. The van der Waals surface area contributed by atoms with E-state index in [1.54, 1.807) is 13.3 Å². The van der Waals surface area contributed by atoms with Crippen LogP contribution < -0.4 is 4.74 Å². The predicted octanol–water partition coefficient (Wildman–Crippen LogP) is 2.89. The van der Waals surface area contributed by atoms with Crippen LogP contribution in [0.3, 0.4) is 0 Å². The van der Waals surface area contributed by atoms with Crippen LogP contribution >= 0.6 is 0 Å². The fourth-order valence-corrected chi connectivity index (χ4v) is 3.39. The van der Waals surface area contributed by atoms with Gasteiger partial charge in [-0.1, -0.05) is 12.1 Å². The number of piperidine rings is 1. The summed E-state index contributed by atoms with van der Waals surface area (Å²) in [5.41, 5.74) is 1.11. The first kappa shape index (κ1) is 18.5. The third-order valence-electron chi connectivity index (χ3n) is 4.64. The molecular weight excluding hydrogens is 330 g/mol. The molecule has 1 aromatic carbocycles. The molecule has 0 radical (unpaired) electrons. The fraction of sp³-hybridized carbons (Fsp3) is 0.500. The van der Waals surface area contributed by atoms with E-state index in [-0.39, 0.29) is 11.9 Å². The second-order valence-corrected chi connectivity index (χ2v) is 7.03. The summed E-state index contributed by atoms with van der Waals surface area (Å²) >= 11 is 0. The molecule has 1 fully saturated rings. The highest BCUT2D eigenvalue weighted by Gasteiger charge is 2.31. The molecule has 3 rings (SSSR count). The van der Waals surface area contributed by atoms with Gasteiger partial charge in [0.1, 0.15) is 17.6 Å². The fourth-order valence-electron chi connectivity index (χ4n) is 3.39. The first-order valence-corrected chi connectivity index (χ1v) is 9.08. The van der Waals surface area contributed by atoms with Crippen LogP contribution in [0.15, 0.2) is 34.9 Å². The monoisotopic (exact) mass is 357 g/mol. The standard InChI is InChI=1S/C20H27N3O3/c1-22(2)14-19(24)23-10-5-4-9-18(23)20-21-13-17(26-20)12-15-7-6-8-16(11-15)25-3/h6-8,11,13,18H,4-5,9-10,12,14H2,1-3H3/t18-/m0/s1. The Hall–Kier alpha value is -2.34. The zero-order valence-electron chi connectivity index (χ0n) is 15.8. The number of nitrogens with zero attached hydrogens (tertiary/aromatic N) is 3. The second kappa shape index (κ2) is 8.36. The summed E-state index contributed by atoms with van der Waals surface area (Å²) in [7, 11) is 5.48. The van der Waals surface area contributed by atoms with Gasteiger partial charge in [-0.3, -0.25) is 4.79 Å². The van der Waals surface area contributed by atoms with Crippen LogP contribution in [0.5, 0.6) is 5.75 Å². The van der Waals surface area contributed by atoms with Crippen LogP contribution in [0, 0.1) is 0 Å². The van der Waals surface area contributed by atoms with Crippen LogP contribution in [-0.4, -0.2) is 55.0 Å². The van der Waals surface area contributed by atoms with Gasteiger partial charge in [0, 0.05) is 13.0 Å². The van der Waals surface area contributed by atoms with E-state index in [0.717, 1.165) is 42.9 Å². The van der Waals surface area contributed by atoms with Gasteiger partial charge in [0.2, 0.25) is 11.8 Å². The molecule has 140 valence electrons. The number of hydrogen-bond donors (Lipinski definition) is 0. The SMILES string of the molecule is COc1cccc(Cc2cnc([C@@H]3CCCCN3C(=O)CN(C)C)o2)c1. The van der Waals surface area contributed by atoms with Crippen molar-refractivity contribution in [1.82, 2.24) is 14.8 Å². The molecular formula is C20H27N3O3. The van der Waals surface area contributed by atoms with Gasteiger partial charge in [0.15, 0.2) is 0 Å². The van der Waals surface area contributed by atoms with Gasteiger partial charge < -0.3 is 19.0 Å². The molecule has 6 nitrogen and oxygen atoms in total. The van der Waals surface area contributed by atoms with Crippen molar-refractivity contribution in [3.05, 3.63) is 47.7 Å². The third-order valence-corrected chi connectivity index (χ3v) is 4.64. The summed E-state index contributed by atoms with van der Waals surface area (Å²) in [6.45, 7) is 1.18. The maximum atomic E-state index is 12.6. The number of likely N-dealkylation sites (N-methyl/N-ethyl adjacent to an activating group) is 1. The van der Waals surface area contributed by atoms with Gasteiger partial charge >= 0.3 is 0 Å². The average Bonchev–Trinajstić information content (AvgIpc) is 3.09. The predicted molar refractivity (Wildman–Crippen MR) is 99.2 cm³/mol. The Morgan fingerprint density at radius 1 is 1.38 bits per heavy atom. The van der Waals surface area contributed by atoms with Crippen molar-refractivity contribution in [3.8, 4) is 5.75 Å². The van der Waals surface area contributed by atoms with Crippen LogP contribution in [0.1, 0.15) is 42.5 Å². The van der Waals surface area contributed by atoms with Crippen molar-refractivity contribution >= 4 is 5.91 Å². The van der Waals surface area contributed by atoms with Crippen molar-refractivity contribution in [2.75, 3.05) is 34.3 Å². The molecule has 2 aromatic rings. The lowest BCUT2D eigenvalue weighted by Gasteiger charge is -2.34. The average molecular weight is 357 g/mol. The van der Waals surface area contributed by atoms with Gasteiger partial charge in [-0.2, -0.15) is 0 Å². The lowest BCUT2D eigenvalue weighted by molar-refractivity contribution is -0.136. The number of aromatic nitrogens is 1. The number of benzene rings is 1. The quantitative estimate of drug-likeness (QED) is 0.796. The number of rotatable bonds is 6. The minimum absolute atomic E-state index is 0.0599. The molecule has 6 heteroatoms. The highest BCUT2D eigenvalue weighted by molar-refractivity contribution is 5.78. The van der Waals surface area contributed by atoms with Crippen LogP contribution in [0.4, 0.5) is 0 Å². The Morgan fingerprint density at radius 3 is 3.00 bits per heavy atom. The molecule has 1 saturated heterocycles. The molecule has 2 heterocycles. The normalized spacial score (nSPS) is 17.5. The van der Waals surface area contributed by atoms with Crippen molar-refractivity contribution in [2.24, 2.45) is 0 Å². The molecule has 1 atom stereocenters. The Kier molecular flexibility index (Phi) is 5.93. The number of likely N-dealkylation sites (tertiary alicyclic amines) is 1. The van der Waals surface area contributed by atoms with Crippen molar-refractivity contribution < 1.29 is 13.9 Å². The molecule has 1 aromatic heterocycles. The van der Waals surface area contributed by atoms with Crippen molar-refractivity contribution in [3.63, 3.8) is 0 Å². The second-order valence-electron chi connectivity index (χ2n) is 7.03. The molecule has 1 aliphatic rings. The first-order chi connectivity index (χ1) is 12.6. The topological polar surface area (TPSA) is 58.8 Å². The Bertz CT molecular complexity index is 741. The molecule has 1 aliphatic heterocycles. The highest BCUT2D eigenvalue weighted by Crippen LogP contribution is 2.31. The maximum Gasteiger partial charge on any atom is 0.237 e. The van der Waals surface area contributed by atoms with E-state index in [1.165, 1.54) is 0 Å². The number of amides is 1. The summed E-state index contributed by atoms with van der Waals surface area (Å²) in [6.07, 6.45) is 5.45. The number of carbonyl (C=O) groups excluding carboxylic acids is 1. The van der Waals surface area contributed by atoms with Crippen LogP contribution in [-0.2, 0) is 11.2 Å². The van der Waals surface area contributed by atoms with Crippen LogP contribution in [0.2, 0.25) is 0 Å². The molecule has 0 unspecified atom stereocenters. The lowest BCUT2D eigenvalue weighted by Crippen LogP contribution is -2.42. The minimum atomic E-state index is -0.0599. The smallest absolute Gasteiger partial charge is 0.237 e. The number of oxazole rings is 1. The molecule has 0 bridgehead atoms. The van der Waals surface area contributed by atoms with E-state index in [4.69, 9.17) is 9.15 Å². The van der Waals surface area contributed by atoms with E-state index in [0.29, 0.717) is 18.9 Å². The Morgan fingerprint density at radius 2 is 2.23 bits per heavy atom. The number of carbonyl (C=O) groups is 1. The first-order valence-electron chi connectivity index (χ1n) is 9.08. The zero-order valence-corrected chi connectivity index (χ0v) is 15.8. The van der Waals surface area contributed by atoms with E-state index in [2.05, 4.69) is 4.98 Å². The summed E-state index contributed by atoms with van der Waals surface area (Å²) in [5.74, 6) is 2.41. The molecule has 0 spiro atoms. The summed E-state index contributed by atoms with van der Waals surface area (Å²) in [5, 5.41) is 0. The van der Waals surface area contributed by atoms with E-state index < -0.39 is 0 Å². The van der Waals surface area contributed by atoms with Gasteiger partial charge in [0.05, 0.1) is 19.9 Å². The van der Waals surface area contributed by atoms with Crippen molar-refractivity contribution in [1.29, 1.82) is 0 Å². The van der Waals surface area contributed by atoms with Gasteiger partial charge in [-0.25, -0.2) is 4.98 Å². The number of methoxy groups -OCH3 is 1. The molecule has 0 aliphatic carbocycles. The summed E-state index contributed by atoms with van der Waals surface area (Å²) in [6, 6.07) is 7.86. The van der Waals surface area contributed by atoms with Gasteiger partial charge in [-0.15, -0.1) is 0 Å². The highest BCUT2D eigenvalue weighted by atomic mass is 16.5. The van der Waals surface area contributed by atoms with Gasteiger partial charge in [0.25, 0.3) is 0 Å². The lowest BCUT2D eigenvalue weighted by atomic mass is 10.0. The molecule has 0 saturated carbocycles. The molecule has 1 amide bonds. The maximum absolute atomic E-state index is 12.6. The van der Waals surface area contributed by atoms with Crippen LogP contribution in [0.25, 0.3) is 0 Å². The third kappa shape index (κ3) is 4.43. The zero-order chi connectivity index (χ0) is 18.5. The Labute approximate surface area is 154 Å².